The third kappa shape index (κ3) is 5.48. The van der Waals surface area contributed by atoms with Crippen LogP contribution in [0.15, 0.2) is 24.3 Å². The number of hydrogen-bond donors (Lipinski definition) is 2. The van der Waals surface area contributed by atoms with E-state index in [0.29, 0.717) is 18.6 Å². The minimum atomic E-state index is -0.600. The Morgan fingerprint density at radius 1 is 1.14 bits per heavy atom. The fraction of sp³-hybridized carbons (Fsp3) is 0.588. The van der Waals surface area contributed by atoms with E-state index in [-0.39, 0.29) is 5.91 Å². The number of rotatable bonds is 7. The van der Waals surface area contributed by atoms with E-state index in [2.05, 4.69) is 37.9 Å². The molecule has 3 N–H and O–H groups in total. The summed E-state index contributed by atoms with van der Waals surface area (Å²) in [5.74, 6) is -0.119. The zero-order valence-corrected chi connectivity index (χ0v) is 13.9. The van der Waals surface area contributed by atoms with Gasteiger partial charge in [-0.25, -0.2) is 0 Å². The first-order valence-corrected chi connectivity index (χ1v) is 7.68. The molecule has 0 aliphatic rings. The first-order chi connectivity index (χ1) is 9.82. The molecule has 0 saturated carbocycles. The van der Waals surface area contributed by atoms with Crippen molar-refractivity contribution in [2.24, 2.45) is 5.73 Å². The van der Waals surface area contributed by atoms with Crippen LogP contribution in [-0.4, -0.2) is 36.0 Å². The molecule has 0 aliphatic heterocycles. The molecule has 4 nitrogen and oxygen atoms in total. The smallest absolute Gasteiger partial charge is 0.241 e. The van der Waals surface area contributed by atoms with Gasteiger partial charge in [0.1, 0.15) is 6.04 Å². The van der Waals surface area contributed by atoms with E-state index >= 15 is 0 Å². The molecule has 1 aromatic carbocycles. The van der Waals surface area contributed by atoms with E-state index in [4.69, 9.17) is 5.73 Å². The number of hydrogen-bond acceptors (Lipinski definition) is 3. The van der Waals surface area contributed by atoms with Gasteiger partial charge in [0, 0.05) is 25.2 Å². The molecule has 0 aliphatic carbocycles. The predicted octanol–water partition coefficient (Wildman–Crippen LogP) is 2.23. The maximum absolute atomic E-state index is 12.1. The normalized spacial score (nSPS) is 13.0. The monoisotopic (exact) mass is 291 g/mol. The van der Waals surface area contributed by atoms with Gasteiger partial charge in [-0.3, -0.25) is 9.69 Å². The summed E-state index contributed by atoms with van der Waals surface area (Å²) in [5.41, 5.74) is 8.01. The lowest BCUT2D eigenvalue weighted by molar-refractivity contribution is -0.122. The quantitative estimate of drug-likeness (QED) is 0.810. The maximum atomic E-state index is 12.1. The van der Waals surface area contributed by atoms with Gasteiger partial charge in [0.2, 0.25) is 5.91 Å². The summed E-state index contributed by atoms with van der Waals surface area (Å²) in [6, 6.07) is 8.10. The van der Waals surface area contributed by atoms with Crippen LogP contribution in [0.25, 0.3) is 0 Å². The van der Waals surface area contributed by atoms with E-state index in [9.17, 15) is 4.79 Å². The van der Waals surface area contributed by atoms with E-state index in [1.54, 1.807) is 0 Å². The summed E-state index contributed by atoms with van der Waals surface area (Å²) < 4.78 is 0. The molecule has 1 unspecified atom stereocenters. The van der Waals surface area contributed by atoms with Crippen LogP contribution in [0.3, 0.4) is 0 Å². The molecule has 1 atom stereocenters. The average molecular weight is 291 g/mol. The first kappa shape index (κ1) is 17.7. The molecule has 0 aromatic heterocycles. The van der Waals surface area contributed by atoms with Gasteiger partial charge in [-0.1, -0.05) is 29.8 Å². The Kier molecular flexibility index (Phi) is 6.85. The number of carbonyl (C=O) groups excluding carboxylic acids is 1. The standard InChI is InChI=1S/C17H29N3O/c1-12(2)20(13(3)4)11-10-19-17(21)16(18)15-8-6-14(5)7-9-15/h6-9,12-13,16H,10-11,18H2,1-5H3,(H,19,21). The Balaban J connectivity index is 2.48. The predicted molar refractivity (Wildman–Crippen MR) is 88.1 cm³/mol. The van der Waals surface area contributed by atoms with Gasteiger partial charge in [-0.2, -0.15) is 0 Å². The molecule has 0 fully saturated rings. The summed E-state index contributed by atoms with van der Waals surface area (Å²) in [4.78, 5) is 14.4. The van der Waals surface area contributed by atoms with Gasteiger partial charge in [0.25, 0.3) is 0 Å². The molecule has 0 saturated heterocycles. The molecule has 0 radical (unpaired) electrons. The Labute approximate surface area is 128 Å². The van der Waals surface area contributed by atoms with Gasteiger partial charge < -0.3 is 11.1 Å². The zero-order valence-electron chi connectivity index (χ0n) is 13.9. The number of nitrogens with zero attached hydrogens (tertiary/aromatic N) is 1. The highest BCUT2D eigenvalue weighted by Gasteiger charge is 2.17. The average Bonchev–Trinajstić information content (AvgIpc) is 2.42. The van der Waals surface area contributed by atoms with Gasteiger partial charge in [0.15, 0.2) is 0 Å². The summed E-state index contributed by atoms with van der Waals surface area (Å²) in [7, 11) is 0. The fourth-order valence-corrected chi connectivity index (χ4v) is 2.46. The first-order valence-electron chi connectivity index (χ1n) is 7.68. The minimum Gasteiger partial charge on any atom is -0.353 e. The van der Waals surface area contributed by atoms with Crippen molar-refractivity contribution >= 4 is 5.91 Å². The SMILES string of the molecule is Cc1ccc(C(N)C(=O)NCCN(C(C)C)C(C)C)cc1. The lowest BCUT2D eigenvalue weighted by atomic mass is 10.1. The largest absolute Gasteiger partial charge is 0.353 e. The van der Waals surface area contributed by atoms with Crippen LogP contribution < -0.4 is 11.1 Å². The van der Waals surface area contributed by atoms with Crippen LogP contribution >= 0.6 is 0 Å². The summed E-state index contributed by atoms with van der Waals surface area (Å²) in [6.45, 7) is 12.1. The van der Waals surface area contributed by atoms with E-state index in [1.165, 1.54) is 0 Å². The number of aryl methyl sites for hydroxylation is 1. The molecule has 1 amide bonds. The molecule has 0 bridgehead atoms. The molecule has 21 heavy (non-hydrogen) atoms. The van der Waals surface area contributed by atoms with Gasteiger partial charge in [-0.05, 0) is 40.2 Å². The van der Waals surface area contributed by atoms with Crippen molar-refractivity contribution in [1.29, 1.82) is 0 Å². The Morgan fingerprint density at radius 2 is 1.67 bits per heavy atom. The number of nitrogens with two attached hydrogens (primary N) is 1. The van der Waals surface area contributed by atoms with Gasteiger partial charge in [0.05, 0.1) is 0 Å². The van der Waals surface area contributed by atoms with Crippen LogP contribution in [0.2, 0.25) is 0 Å². The number of nitrogens with one attached hydrogen (secondary N) is 1. The van der Waals surface area contributed by atoms with Crippen molar-refractivity contribution in [3.8, 4) is 0 Å². The topological polar surface area (TPSA) is 58.4 Å². The number of benzene rings is 1. The Hall–Kier alpha value is -1.39. The van der Waals surface area contributed by atoms with Gasteiger partial charge in [-0.15, -0.1) is 0 Å². The second-order valence-electron chi connectivity index (χ2n) is 6.10. The van der Waals surface area contributed by atoms with Crippen LogP contribution in [0, 0.1) is 6.92 Å². The van der Waals surface area contributed by atoms with Crippen molar-refractivity contribution in [1.82, 2.24) is 10.2 Å². The Morgan fingerprint density at radius 3 is 2.14 bits per heavy atom. The van der Waals surface area contributed by atoms with Crippen molar-refractivity contribution in [2.75, 3.05) is 13.1 Å². The molecular weight excluding hydrogens is 262 g/mol. The van der Waals surface area contributed by atoms with Crippen molar-refractivity contribution in [3.63, 3.8) is 0 Å². The van der Waals surface area contributed by atoms with Crippen molar-refractivity contribution in [3.05, 3.63) is 35.4 Å². The van der Waals surface area contributed by atoms with Crippen LogP contribution in [0.4, 0.5) is 0 Å². The second kappa shape index (κ2) is 8.15. The molecule has 1 aromatic rings. The lowest BCUT2D eigenvalue weighted by Crippen LogP contribution is -2.44. The molecular formula is C17H29N3O. The van der Waals surface area contributed by atoms with Crippen molar-refractivity contribution < 1.29 is 4.79 Å². The zero-order chi connectivity index (χ0) is 16.0. The Bertz CT molecular complexity index is 432. The van der Waals surface area contributed by atoms with Crippen LogP contribution in [-0.2, 0) is 4.79 Å². The summed E-state index contributed by atoms with van der Waals surface area (Å²) >= 11 is 0. The second-order valence-corrected chi connectivity index (χ2v) is 6.10. The fourth-order valence-electron chi connectivity index (χ4n) is 2.46. The van der Waals surface area contributed by atoms with Gasteiger partial charge >= 0.3 is 0 Å². The highest BCUT2D eigenvalue weighted by Crippen LogP contribution is 2.11. The highest BCUT2D eigenvalue weighted by atomic mass is 16.2. The molecule has 1 rings (SSSR count). The van der Waals surface area contributed by atoms with E-state index < -0.39 is 6.04 Å². The van der Waals surface area contributed by atoms with E-state index in [0.717, 1.165) is 17.7 Å². The number of carbonyl (C=O) groups is 1. The molecule has 4 heteroatoms. The highest BCUT2D eigenvalue weighted by molar-refractivity contribution is 5.82. The molecule has 0 heterocycles. The van der Waals surface area contributed by atoms with E-state index in [1.807, 2.05) is 31.2 Å². The summed E-state index contributed by atoms with van der Waals surface area (Å²) in [6.07, 6.45) is 0. The third-order valence-corrected chi connectivity index (χ3v) is 3.71. The van der Waals surface area contributed by atoms with Crippen LogP contribution in [0.5, 0.6) is 0 Å². The maximum Gasteiger partial charge on any atom is 0.241 e. The summed E-state index contributed by atoms with van der Waals surface area (Å²) in [5, 5.41) is 2.93. The lowest BCUT2D eigenvalue weighted by Gasteiger charge is -2.30. The van der Waals surface area contributed by atoms with Crippen LogP contribution in [0.1, 0.15) is 44.9 Å². The minimum absolute atomic E-state index is 0.119. The molecule has 118 valence electrons. The number of amides is 1. The van der Waals surface area contributed by atoms with Crippen molar-refractivity contribution in [2.45, 2.75) is 52.7 Å². The molecule has 0 spiro atoms. The third-order valence-electron chi connectivity index (χ3n) is 3.71.